The summed E-state index contributed by atoms with van der Waals surface area (Å²) in [5, 5.41) is 14.4. The molecule has 3 unspecified atom stereocenters. The molecule has 5 nitrogen and oxygen atoms in total. The van der Waals surface area contributed by atoms with Crippen LogP contribution in [0.1, 0.15) is 17.7 Å². The number of carbonyl (C=O) groups is 1. The van der Waals surface area contributed by atoms with Crippen molar-refractivity contribution in [3.8, 4) is 11.6 Å². The molecule has 25 heavy (non-hydrogen) atoms. The van der Waals surface area contributed by atoms with Crippen LogP contribution in [0, 0.1) is 11.8 Å². The number of fused-ring (bicyclic) bond motifs is 2. The predicted octanol–water partition coefficient (Wildman–Crippen LogP) is 4.03. The van der Waals surface area contributed by atoms with E-state index in [1.165, 1.54) is 17.8 Å². The van der Waals surface area contributed by atoms with Crippen LogP contribution in [0.15, 0.2) is 36.4 Å². The third-order valence-corrected chi connectivity index (χ3v) is 5.92. The van der Waals surface area contributed by atoms with Crippen molar-refractivity contribution in [3.63, 3.8) is 0 Å². The van der Waals surface area contributed by atoms with Gasteiger partial charge in [0.1, 0.15) is 5.75 Å². The van der Waals surface area contributed by atoms with Gasteiger partial charge in [0.2, 0.25) is 5.88 Å². The molecule has 2 bridgehead atoms. The minimum Gasteiger partial charge on any atom is -0.492 e. The maximum atomic E-state index is 12.1. The molecule has 0 amide bonds. The van der Waals surface area contributed by atoms with Crippen molar-refractivity contribution in [2.45, 2.75) is 25.3 Å². The summed E-state index contributed by atoms with van der Waals surface area (Å²) in [4.78, 5) is 16.7. The van der Waals surface area contributed by atoms with E-state index in [0.29, 0.717) is 38.7 Å². The molecule has 2 aromatic rings. The lowest BCUT2D eigenvalue weighted by molar-refractivity contribution is -0.133. The van der Waals surface area contributed by atoms with Crippen molar-refractivity contribution in [3.05, 3.63) is 46.3 Å². The van der Waals surface area contributed by atoms with Gasteiger partial charge in [0.15, 0.2) is 5.13 Å². The fourth-order valence-corrected chi connectivity index (χ4v) is 4.52. The lowest BCUT2D eigenvalue weighted by Crippen LogP contribution is -2.23. The van der Waals surface area contributed by atoms with Crippen LogP contribution in [0.3, 0.4) is 0 Å². The normalized spacial score (nSPS) is 23.8. The van der Waals surface area contributed by atoms with Crippen LogP contribution in [0.4, 0.5) is 5.13 Å². The van der Waals surface area contributed by atoms with Gasteiger partial charge in [-0.2, -0.15) is 4.98 Å². The molecule has 1 heterocycles. The van der Waals surface area contributed by atoms with Gasteiger partial charge in [-0.1, -0.05) is 47.2 Å². The Morgan fingerprint density at radius 1 is 1.36 bits per heavy atom. The number of allylic oxidation sites excluding steroid dienone is 1. The summed E-state index contributed by atoms with van der Waals surface area (Å²) in [6.07, 6.45) is 6.75. The molecule has 4 rings (SSSR count). The van der Waals surface area contributed by atoms with E-state index in [4.69, 9.17) is 16.3 Å². The predicted molar refractivity (Wildman–Crippen MR) is 97.3 cm³/mol. The second kappa shape index (κ2) is 6.69. The Balaban J connectivity index is 1.39. The number of esters is 1. The van der Waals surface area contributed by atoms with E-state index < -0.39 is 5.97 Å². The topological polar surface area (TPSA) is 71.5 Å². The van der Waals surface area contributed by atoms with Crippen LogP contribution in [-0.4, -0.2) is 22.1 Å². The Morgan fingerprint density at radius 2 is 2.20 bits per heavy atom. The molecule has 1 aromatic heterocycles. The maximum absolute atomic E-state index is 12.1. The second-order valence-electron chi connectivity index (χ2n) is 6.38. The number of halogens is 1. The van der Waals surface area contributed by atoms with E-state index >= 15 is 0 Å². The fraction of sp³-hybridized carbons (Fsp3) is 0.333. The average molecular weight is 377 g/mol. The first kappa shape index (κ1) is 16.4. The standard InChI is InChI=1S/C18H17ClN2O3S/c19-12-3-1-2-4-14(12)24-16(22)9-15-17(23)21-18(25-15)20-13-8-10-5-6-11(13)7-10/h1-6,10-11,13,23H,7-9H2,(H,20,21). The van der Waals surface area contributed by atoms with Gasteiger partial charge in [-0.3, -0.25) is 4.79 Å². The second-order valence-corrected chi connectivity index (χ2v) is 7.87. The van der Waals surface area contributed by atoms with Gasteiger partial charge >= 0.3 is 5.97 Å². The molecule has 0 aliphatic heterocycles. The quantitative estimate of drug-likeness (QED) is 0.468. The molecule has 0 saturated heterocycles. The number of ether oxygens (including phenoxy) is 1. The molecule has 0 spiro atoms. The SMILES string of the molecule is O=C(Cc1sc(NC2CC3C=CC2C3)nc1O)Oc1ccccc1Cl. The van der Waals surface area contributed by atoms with Crippen molar-refractivity contribution >= 4 is 34.0 Å². The summed E-state index contributed by atoms with van der Waals surface area (Å²) >= 11 is 7.27. The van der Waals surface area contributed by atoms with Crippen LogP contribution < -0.4 is 10.1 Å². The van der Waals surface area contributed by atoms with Gasteiger partial charge in [-0.05, 0) is 36.8 Å². The third kappa shape index (κ3) is 3.50. The van der Waals surface area contributed by atoms with Crippen LogP contribution in [0.2, 0.25) is 5.02 Å². The number of para-hydroxylation sites is 1. The number of aromatic hydroxyl groups is 1. The molecule has 2 aliphatic rings. The van der Waals surface area contributed by atoms with Crippen molar-refractivity contribution < 1.29 is 14.6 Å². The van der Waals surface area contributed by atoms with Gasteiger partial charge in [-0.15, -0.1) is 0 Å². The number of aromatic nitrogens is 1. The van der Waals surface area contributed by atoms with Gasteiger partial charge in [0.05, 0.1) is 16.3 Å². The van der Waals surface area contributed by atoms with Crippen LogP contribution >= 0.6 is 22.9 Å². The zero-order valence-electron chi connectivity index (χ0n) is 13.3. The first-order valence-corrected chi connectivity index (χ1v) is 9.36. The van der Waals surface area contributed by atoms with E-state index in [2.05, 4.69) is 22.5 Å². The summed E-state index contributed by atoms with van der Waals surface area (Å²) in [5.41, 5.74) is 0. The van der Waals surface area contributed by atoms with Gasteiger partial charge in [-0.25, -0.2) is 0 Å². The summed E-state index contributed by atoms with van der Waals surface area (Å²) in [5.74, 6) is 0.889. The molecule has 0 radical (unpaired) electrons. The van der Waals surface area contributed by atoms with E-state index in [0.717, 1.165) is 6.42 Å². The highest BCUT2D eigenvalue weighted by atomic mass is 35.5. The summed E-state index contributed by atoms with van der Waals surface area (Å²) in [7, 11) is 0. The molecule has 1 saturated carbocycles. The summed E-state index contributed by atoms with van der Waals surface area (Å²) in [6, 6.07) is 7.13. The molecule has 130 valence electrons. The highest BCUT2D eigenvalue weighted by Crippen LogP contribution is 2.41. The van der Waals surface area contributed by atoms with Crippen LogP contribution in [0.25, 0.3) is 0 Å². The summed E-state index contributed by atoms with van der Waals surface area (Å²) < 4.78 is 5.25. The molecule has 1 fully saturated rings. The van der Waals surface area contributed by atoms with Gasteiger partial charge in [0, 0.05) is 6.04 Å². The Hall–Kier alpha value is -2.05. The number of anilines is 1. The summed E-state index contributed by atoms with van der Waals surface area (Å²) in [6.45, 7) is 0. The first-order valence-electron chi connectivity index (χ1n) is 8.17. The minimum atomic E-state index is -0.485. The number of rotatable bonds is 5. The van der Waals surface area contributed by atoms with Gasteiger partial charge < -0.3 is 15.2 Å². The van der Waals surface area contributed by atoms with Crippen molar-refractivity contribution in [2.75, 3.05) is 5.32 Å². The first-order chi connectivity index (χ1) is 12.1. The Kier molecular flexibility index (Phi) is 4.39. The Morgan fingerprint density at radius 3 is 2.92 bits per heavy atom. The van der Waals surface area contributed by atoms with Crippen molar-refractivity contribution in [1.29, 1.82) is 0 Å². The van der Waals surface area contributed by atoms with E-state index in [1.807, 2.05) is 0 Å². The number of nitrogens with zero attached hydrogens (tertiary/aromatic N) is 1. The monoisotopic (exact) mass is 376 g/mol. The molecule has 2 aliphatic carbocycles. The molecule has 1 aromatic carbocycles. The number of carbonyl (C=O) groups excluding carboxylic acids is 1. The third-order valence-electron chi connectivity index (χ3n) is 4.63. The average Bonchev–Trinajstić information content (AvgIpc) is 3.27. The Bertz CT molecular complexity index is 835. The number of thiazole rings is 1. The van der Waals surface area contributed by atoms with Crippen LogP contribution in [-0.2, 0) is 11.2 Å². The zero-order chi connectivity index (χ0) is 17.4. The van der Waals surface area contributed by atoms with E-state index in [9.17, 15) is 9.90 Å². The van der Waals surface area contributed by atoms with E-state index in [1.54, 1.807) is 24.3 Å². The highest BCUT2D eigenvalue weighted by Gasteiger charge is 2.36. The molecule has 7 heteroatoms. The Labute approximate surface area is 154 Å². The van der Waals surface area contributed by atoms with E-state index in [-0.39, 0.29) is 12.3 Å². The lowest BCUT2D eigenvalue weighted by Gasteiger charge is -2.18. The number of benzene rings is 1. The smallest absolute Gasteiger partial charge is 0.316 e. The number of nitrogens with one attached hydrogen (secondary N) is 1. The van der Waals surface area contributed by atoms with Crippen LogP contribution in [0.5, 0.6) is 11.6 Å². The lowest BCUT2D eigenvalue weighted by atomic mass is 10.0. The molecule has 3 atom stereocenters. The van der Waals surface area contributed by atoms with Crippen molar-refractivity contribution in [1.82, 2.24) is 4.98 Å². The highest BCUT2D eigenvalue weighted by molar-refractivity contribution is 7.16. The molecule has 2 N–H and O–H groups in total. The molecular formula is C18H17ClN2O3S. The minimum absolute atomic E-state index is 0.0486. The van der Waals surface area contributed by atoms with Crippen molar-refractivity contribution in [2.24, 2.45) is 11.8 Å². The fourth-order valence-electron chi connectivity index (χ4n) is 3.44. The van der Waals surface area contributed by atoms with Gasteiger partial charge in [0.25, 0.3) is 0 Å². The largest absolute Gasteiger partial charge is 0.492 e. The maximum Gasteiger partial charge on any atom is 0.316 e. The number of hydrogen-bond acceptors (Lipinski definition) is 6. The zero-order valence-corrected chi connectivity index (χ0v) is 14.9. The molecular weight excluding hydrogens is 360 g/mol. The number of hydrogen-bond donors (Lipinski definition) is 2.